The molecule has 0 unspecified atom stereocenters. The molecule has 0 spiro atoms. The Kier molecular flexibility index (Phi) is 2.52. The van der Waals surface area contributed by atoms with E-state index in [2.05, 4.69) is 5.10 Å². The highest BCUT2D eigenvalue weighted by Gasteiger charge is 2.18. The number of aromatic nitrogens is 2. The maximum Gasteiger partial charge on any atom is 0.140 e. The van der Waals surface area contributed by atoms with Crippen molar-refractivity contribution in [3.05, 3.63) is 35.4 Å². The van der Waals surface area contributed by atoms with E-state index in [1.165, 1.54) is 10.7 Å². The second kappa shape index (κ2) is 3.87. The summed E-state index contributed by atoms with van der Waals surface area (Å²) in [6.45, 7) is 0. The monoisotopic (exact) mass is 234 g/mol. The second-order valence-corrected chi connectivity index (χ2v) is 3.47. The predicted octanol–water partition coefficient (Wildman–Crippen LogP) is 1.82. The molecule has 17 heavy (non-hydrogen) atoms. The Morgan fingerprint density at radius 2 is 2.12 bits per heavy atom. The molecule has 86 valence electrons. The molecule has 0 aliphatic heterocycles. The molecular formula is C11H8F2N4. The normalized spacial score (nSPS) is 10.2. The Morgan fingerprint density at radius 3 is 2.71 bits per heavy atom. The van der Waals surface area contributed by atoms with Crippen molar-refractivity contribution in [2.24, 2.45) is 7.05 Å². The van der Waals surface area contributed by atoms with Gasteiger partial charge in [0.05, 0.1) is 0 Å². The number of aryl methyl sites for hydroxylation is 1. The number of benzene rings is 1. The van der Waals surface area contributed by atoms with Gasteiger partial charge in [-0.2, -0.15) is 10.4 Å². The predicted molar refractivity (Wildman–Crippen MR) is 57.7 cm³/mol. The first-order valence-corrected chi connectivity index (χ1v) is 4.72. The smallest absolute Gasteiger partial charge is 0.140 e. The molecule has 2 N–H and O–H groups in total. The number of nitrogens with two attached hydrogens (primary N) is 1. The maximum atomic E-state index is 13.6. The molecule has 0 fully saturated rings. The van der Waals surface area contributed by atoms with Crippen LogP contribution in [-0.2, 0) is 7.05 Å². The van der Waals surface area contributed by atoms with Crippen molar-refractivity contribution in [2.45, 2.75) is 0 Å². The van der Waals surface area contributed by atoms with Gasteiger partial charge in [0.15, 0.2) is 0 Å². The maximum absolute atomic E-state index is 13.6. The Morgan fingerprint density at radius 1 is 1.41 bits per heavy atom. The Bertz CT molecular complexity index is 625. The number of anilines is 1. The van der Waals surface area contributed by atoms with Crippen LogP contribution in [-0.4, -0.2) is 9.78 Å². The third kappa shape index (κ3) is 1.72. The molecule has 0 radical (unpaired) electrons. The third-order valence-corrected chi connectivity index (χ3v) is 2.39. The van der Waals surface area contributed by atoms with Crippen LogP contribution in [0.1, 0.15) is 5.56 Å². The molecule has 0 aliphatic rings. The fourth-order valence-corrected chi connectivity index (χ4v) is 1.52. The Hall–Kier alpha value is -2.42. The van der Waals surface area contributed by atoms with Crippen molar-refractivity contribution in [3.63, 3.8) is 0 Å². The van der Waals surface area contributed by atoms with Gasteiger partial charge in [-0.1, -0.05) is 0 Å². The minimum atomic E-state index is -0.778. The molecule has 4 nitrogen and oxygen atoms in total. The zero-order valence-electron chi connectivity index (χ0n) is 8.91. The van der Waals surface area contributed by atoms with Crippen molar-refractivity contribution in [2.75, 3.05) is 5.73 Å². The standard InChI is InChI=1S/C11H8F2N4/c1-17-11(15)8(5-14)10(16-17)7-3-2-6(12)4-9(7)13/h2-4H,15H2,1H3. The van der Waals surface area contributed by atoms with Crippen LogP contribution in [0.4, 0.5) is 14.6 Å². The Balaban J connectivity index is 2.69. The average Bonchev–Trinajstić information content (AvgIpc) is 2.55. The van der Waals surface area contributed by atoms with Gasteiger partial charge in [0.25, 0.3) is 0 Å². The Labute approximate surface area is 95.9 Å². The summed E-state index contributed by atoms with van der Waals surface area (Å²) in [5.74, 6) is -1.32. The molecule has 2 aromatic rings. The molecular weight excluding hydrogens is 226 g/mol. The third-order valence-electron chi connectivity index (χ3n) is 2.39. The molecule has 1 aromatic heterocycles. The van der Waals surface area contributed by atoms with E-state index in [0.29, 0.717) is 0 Å². The van der Waals surface area contributed by atoms with Gasteiger partial charge < -0.3 is 5.73 Å². The summed E-state index contributed by atoms with van der Waals surface area (Å²) < 4.78 is 27.6. The van der Waals surface area contributed by atoms with Crippen LogP contribution in [0.5, 0.6) is 0 Å². The quantitative estimate of drug-likeness (QED) is 0.818. The molecule has 1 aromatic carbocycles. The van der Waals surface area contributed by atoms with Gasteiger partial charge in [0.2, 0.25) is 0 Å². The van der Waals surface area contributed by atoms with Crippen LogP contribution in [0.2, 0.25) is 0 Å². The molecule has 0 amide bonds. The summed E-state index contributed by atoms with van der Waals surface area (Å²) >= 11 is 0. The number of hydrogen-bond donors (Lipinski definition) is 1. The molecule has 1 heterocycles. The molecule has 0 saturated carbocycles. The van der Waals surface area contributed by atoms with E-state index in [1.807, 2.05) is 6.07 Å². The van der Waals surface area contributed by atoms with E-state index < -0.39 is 11.6 Å². The molecule has 0 atom stereocenters. The summed E-state index contributed by atoms with van der Waals surface area (Å²) in [7, 11) is 1.54. The number of hydrogen-bond acceptors (Lipinski definition) is 3. The summed E-state index contributed by atoms with van der Waals surface area (Å²) in [4.78, 5) is 0. The lowest BCUT2D eigenvalue weighted by molar-refractivity contribution is 0.585. The number of nitriles is 1. The minimum absolute atomic E-state index is 0.0512. The highest BCUT2D eigenvalue weighted by Crippen LogP contribution is 2.28. The first kappa shape index (κ1) is 11.1. The van der Waals surface area contributed by atoms with Gasteiger partial charge in [-0.15, -0.1) is 0 Å². The lowest BCUT2D eigenvalue weighted by Gasteiger charge is -1.99. The van der Waals surface area contributed by atoms with Crippen molar-refractivity contribution in [1.82, 2.24) is 9.78 Å². The largest absolute Gasteiger partial charge is 0.383 e. The molecule has 0 bridgehead atoms. The van der Waals surface area contributed by atoms with Gasteiger partial charge in [-0.05, 0) is 12.1 Å². The van der Waals surface area contributed by atoms with E-state index in [9.17, 15) is 8.78 Å². The fourth-order valence-electron chi connectivity index (χ4n) is 1.52. The van der Waals surface area contributed by atoms with E-state index in [1.54, 1.807) is 7.05 Å². The van der Waals surface area contributed by atoms with Crippen LogP contribution in [0.25, 0.3) is 11.3 Å². The van der Waals surface area contributed by atoms with Gasteiger partial charge in [0.1, 0.15) is 34.8 Å². The number of nitrogen functional groups attached to an aromatic ring is 1. The summed E-state index contributed by atoms with van der Waals surface area (Å²) in [6, 6.07) is 4.92. The SMILES string of the molecule is Cn1nc(-c2ccc(F)cc2F)c(C#N)c1N. The summed E-state index contributed by atoms with van der Waals surface area (Å²) in [5, 5.41) is 12.9. The van der Waals surface area contributed by atoms with Crippen molar-refractivity contribution in [3.8, 4) is 17.3 Å². The van der Waals surface area contributed by atoms with E-state index in [-0.39, 0.29) is 22.6 Å². The van der Waals surface area contributed by atoms with Gasteiger partial charge >= 0.3 is 0 Å². The first-order chi connectivity index (χ1) is 8.04. The van der Waals surface area contributed by atoms with Gasteiger partial charge in [-0.25, -0.2) is 8.78 Å². The average molecular weight is 234 g/mol. The van der Waals surface area contributed by atoms with Crippen LogP contribution in [0.3, 0.4) is 0 Å². The lowest BCUT2D eigenvalue weighted by atomic mass is 10.1. The molecule has 6 heteroatoms. The zero-order chi connectivity index (χ0) is 12.6. The fraction of sp³-hybridized carbons (Fsp3) is 0.0909. The van der Waals surface area contributed by atoms with Crippen LogP contribution < -0.4 is 5.73 Å². The van der Waals surface area contributed by atoms with Crippen molar-refractivity contribution in [1.29, 1.82) is 5.26 Å². The molecule has 0 aliphatic carbocycles. The first-order valence-electron chi connectivity index (χ1n) is 4.72. The van der Waals surface area contributed by atoms with E-state index >= 15 is 0 Å². The minimum Gasteiger partial charge on any atom is -0.383 e. The van der Waals surface area contributed by atoms with Crippen LogP contribution >= 0.6 is 0 Å². The topological polar surface area (TPSA) is 67.6 Å². The van der Waals surface area contributed by atoms with Crippen molar-refractivity contribution >= 4 is 5.82 Å². The van der Waals surface area contributed by atoms with E-state index in [4.69, 9.17) is 11.0 Å². The molecule has 0 saturated heterocycles. The van der Waals surface area contributed by atoms with E-state index in [0.717, 1.165) is 12.1 Å². The van der Waals surface area contributed by atoms with Crippen LogP contribution in [0, 0.1) is 23.0 Å². The molecule has 2 rings (SSSR count). The number of rotatable bonds is 1. The van der Waals surface area contributed by atoms with Crippen LogP contribution in [0.15, 0.2) is 18.2 Å². The van der Waals surface area contributed by atoms with Crippen molar-refractivity contribution < 1.29 is 8.78 Å². The summed E-state index contributed by atoms with van der Waals surface area (Å²) in [6.07, 6.45) is 0. The highest BCUT2D eigenvalue weighted by molar-refractivity contribution is 5.72. The van der Waals surface area contributed by atoms with Gasteiger partial charge in [0, 0.05) is 18.7 Å². The second-order valence-electron chi connectivity index (χ2n) is 3.47. The number of nitrogens with zero attached hydrogens (tertiary/aromatic N) is 3. The van der Waals surface area contributed by atoms with Gasteiger partial charge in [-0.3, -0.25) is 4.68 Å². The number of halogens is 2. The lowest BCUT2D eigenvalue weighted by Crippen LogP contribution is -1.97. The zero-order valence-corrected chi connectivity index (χ0v) is 8.91. The highest BCUT2D eigenvalue weighted by atomic mass is 19.1. The summed E-state index contributed by atoms with van der Waals surface area (Å²) in [5.41, 5.74) is 5.86.